The van der Waals surface area contributed by atoms with Crippen molar-refractivity contribution < 1.29 is 4.39 Å². The summed E-state index contributed by atoms with van der Waals surface area (Å²) in [7, 11) is 1.98. The van der Waals surface area contributed by atoms with E-state index in [0.717, 1.165) is 16.5 Å². The molecule has 0 saturated heterocycles. The summed E-state index contributed by atoms with van der Waals surface area (Å²) in [4.78, 5) is 0. The molecule has 1 heterocycles. The summed E-state index contributed by atoms with van der Waals surface area (Å²) in [5.41, 5.74) is 2.21. The number of hydrogen-bond acceptors (Lipinski definition) is 0. The van der Waals surface area contributed by atoms with Crippen LogP contribution in [0, 0.1) is 16.3 Å². The summed E-state index contributed by atoms with van der Waals surface area (Å²) in [5.74, 6) is -0.137. The molecule has 0 saturated carbocycles. The van der Waals surface area contributed by atoms with Crippen molar-refractivity contribution in [2.24, 2.45) is 7.05 Å². The Morgan fingerprint density at radius 2 is 2.08 bits per heavy atom. The van der Waals surface area contributed by atoms with Gasteiger partial charge in [0.25, 0.3) is 0 Å². The fourth-order valence-corrected chi connectivity index (χ4v) is 2.52. The molecule has 1 nitrogen and oxygen atoms in total. The van der Waals surface area contributed by atoms with Crippen molar-refractivity contribution in [2.75, 3.05) is 0 Å². The Labute approximate surface area is 89.7 Å². The highest BCUT2D eigenvalue weighted by atomic mass is 127. The van der Waals surface area contributed by atoms with Gasteiger partial charge in [-0.15, -0.1) is 0 Å². The molecule has 0 atom stereocenters. The van der Waals surface area contributed by atoms with Crippen LogP contribution < -0.4 is 0 Å². The minimum Gasteiger partial charge on any atom is -0.350 e. The smallest absolute Gasteiger partial charge is 0.137 e. The normalized spacial score (nSPS) is 11.1. The molecule has 0 fully saturated rings. The molecule has 2 aromatic rings. The molecule has 0 unspecified atom stereocenters. The molecule has 13 heavy (non-hydrogen) atoms. The third kappa shape index (κ3) is 1.25. The van der Waals surface area contributed by atoms with E-state index in [4.69, 9.17) is 0 Å². The molecule has 0 bridgehead atoms. The van der Waals surface area contributed by atoms with Crippen LogP contribution in [0.5, 0.6) is 0 Å². The summed E-state index contributed by atoms with van der Waals surface area (Å²) in [5, 5.41) is 1.03. The van der Waals surface area contributed by atoms with E-state index in [2.05, 4.69) is 22.6 Å². The number of hydrogen-bond donors (Lipinski definition) is 0. The van der Waals surface area contributed by atoms with Crippen molar-refractivity contribution in [3.8, 4) is 0 Å². The Bertz CT molecular complexity index is 473. The molecule has 2 rings (SSSR count). The summed E-state index contributed by atoms with van der Waals surface area (Å²) >= 11 is 2.05. The number of halogens is 2. The lowest BCUT2D eigenvalue weighted by Crippen LogP contribution is -1.86. The Morgan fingerprint density at radius 3 is 2.77 bits per heavy atom. The van der Waals surface area contributed by atoms with Crippen LogP contribution in [0.25, 0.3) is 10.9 Å². The van der Waals surface area contributed by atoms with Crippen LogP contribution in [0.3, 0.4) is 0 Å². The molecule has 1 aromatic carbocycles. The second-order valence-corrected chi connectivity index (χ2v) is 4.26. The van der Waals surface area contributed by atoms with Crippen LogP contribution in [0.1, 0.15) is 5.56 Å². The van der Waals surface area contributed by atoms with Crippen LogP contribution in [0.2, 0.25) is 0 Å². The van der Waals surface area contributed by atoms with Crippen molar-refractivity contribution in [1.29, 1.82) is 0 Å². The summed E-state index contributed by atoms with van der Waals surface area (Å²) in [6.07, 6.45) is 2.02. The SMILES string of the molecule is Cc1cn(C)c2ccc(F)c(I)c12. The van der Waals surface area contributed by atoms with Crippen LogP contribution in [0.4, 0.5) is 4.39 Å². The molecule has 0 amide bonds. The summed E-state index contributed by atoms with van der Waals surface area (Å²) < 4.78 is 16.0. The second-order valence-electron chi connectivity index (χ2n) is 3.18. The van der Waals surface area contributed by atoms with Gasteiger partial charge in [0.2, 0.25) is 0 Å². The Hall–Kier alpha value is -0.580. The standard InChI is InChI=1S/C10H9FIN/c1-6-5-13(2)8-4-3-7(11)10(12)9(6)8/h3-5H,1-2H3. The minimum absolute atomic E-state index is 0.137. The fourth-order valence-electron chi connectivity index (χ4n) is 1.63. The molecule has 0 N–H and O–H groups in total. The number of benzene rings is 1. The van der Waals surface area contributed by atoms with E-state index in [9.17, 15) is 4.39 Å². The van der Waals surface area contributed by atoms with Gasteiger partial charge in [-0.05, 0) is 47.2 Å². The predicted molar refractivity (Wildman–Crippen MR) is 60.3 cm³/mol. The van der Waals surface area contributed by atoms with Crippen molar-refractivity contribution in [1.82, 2.24) is 4.57 Å². The van der Waals surface area contributed by atoms with E-state index in [1.807, 2.05) is 30.8 Å². The zero-order valence-corrected chi connectivity index (χ0v) is 9.59. The van der Waals surface area contributed by atoms with Gasteiger partial charge in [0.1, 0.15) is 5.82 Å². The van der Waals surface area contributed by atoms with Crippen LogP contribution in [-0.4, -0.2) is 4.57 Å². The zero-order chi connectivity index (χ0) is 9.59. The van der Waals surface area contributed by atoms with Gasteiger partial charge in [0.05, 0.1) is 3.57 Å². The quantitative estimate of drug-likeness (QED) is 0.656. The Balaban J connectivity index is 2.98. The van der Waals surface area contributed by atoms with Gasteiger partial charge in [-0.2, -0.15) is 0 Å². The summed E-state index contributed by atoms with van der Waals surface area (Å²) in [6, 6.07) is 3.34. The second kappa shape index (κ2) is 2.97. The molecule has 0 radical (unpaired) electrons. The third-order valence-corrected chi connectivity index (χ3v) is 3.29. The number of nitrogens with zero attached hydrogens (tertiary/aromatic N) is 1. The number of aryl methyl sites for hydroxylation is 2. The lowest BCUT2D eigenvalue weighted by Gasteiger charge is -1.99. The first-order chi connectivity index (χ1) is 6.11. The molecule has 0 aliphatic rings. The highest BCUT2D eigenvalue weighted by Crippen LogP contribution is 2.27. The van der Waals surface area contributed by atoms with Gasteiger partial charge in [-0.1, -0.05) is 0 Å². The summed E-state index contributed by atoms with van der Waals surface area (Å²) in [6.45, 7) is 2.00. The largest absolute Gasteiger partial charge is 0.350 e. The minimum atomic E-state index is -0.137. The maximum atomic E-state index is 13.2. The van der Waals surface area contributed by atoms with E-state index in [1.54, 1.807) is 0 Å². The topological polar surface area (TPSA) is 4.93 Å². The maximum absolute atomic E-state index is 13.2. The van der Waals surface area contributed by atoms with Crippen molar-refractivity contribution in [3.63, 3.8) is 0 Å². The van der Waals surface area contributed by atoms with E-state index in [0.29, 0.717) is 3.57 Å². The number of rotatable bonds is 0. The molecule has 3 heteroatoms. The molecule has 0 aliphatic heterocycles. The first-order valence-electron chi connectivity index (χ1n) is 4.01. The first-order valence-corrected chi connectivity index (χ1v) is 5.09. The van der Waals surface area contributed by atoms with Crippen LogP contribution in [0.15, 0.2) is 18.3 Å². The van der Waals surface area contributed by atoms with Gasteiger partial charge in [-0.3, -0.25) is 0 Å². The fraction of sp³-hybridized carbons (Fsp3) is 0.200. The van der Waals surface area contributed by atoms with Gasteiger partial charge in [-0.25, -0.2) is 4.39 Å². The van der Waals surface area contributed by atoms with E-state index in [1.165, 1.54) is 6.07 Å². The average molecular weight is 289 g/mol. The lowest BCUT2D eigenvalue weighted by molar-refractivity contribution is 0.622. The van der Waals surface area contributed by atoms with Gasteiger partial charge in [0, 0.05) is 24.1 Å². The van der Waals surface area contributed by atoms with E-state index < -0.39 is 0 Å². The Morgan fingerprint density at radius 1 is 1.38 bits per heavy atom. The maximum Gasteiger partial charge on any atom is 0.137 e. The molecular weight excluding hydrogens is 280 g/mol. The number of aromatic nitrogens is 1. The first kappa shape index (κ1) is 8.99. The molecule has 1 aromatic heterocycles. The zero-order valence-electron chi connectivity index (χ0n) is 7.44. The van der Waals surface area contributed by atoms with Crippen LogP contribution in [-0.2, 0) is 7.05 Å². The van der Waals surface area contributed by atoms with E-state index in [-0.39, 0.29) is 5.82 Å². The Kier molecular flexibility index (Phi) is 2.06. The molecular formula is C10H9FIN. The van der Waals surface area contributed by atoms with E-state index >= 15 is 0 Å². The predicted octanol–water partition coefficient (Wildman–Crippen LogP) is 3.23. The van der Waals surface area contributed by atoms with Gasteiger partial charge < -0.3 is 4.57 Å². The number of fused-ring (bicyclic) bond motifs is 1. The third-order valence-electron chi connectivity index (χ3n) is 2.23. The van der Waals surface area contributed by atoms with Gasteiger partial charge in [0.15, 0.2) is 0 Å². The highest BCUT2D eigenvalue weighted by Gasteiger charge is 2.09. The van der Waals surface area contributed by atoms with Crippen molar-refractivity contribution >= 4 is 33.5 Å². The lowest BCUT2D eigenvalue weighted by atomic mass is 10.2. The highest BCUT2D eigenvalue weighted by molar-refractivity contribution is 14.1. The van der Waals surface area contributed by atoms with Crippen molar-refractivity contribution in [3.05, 3.63) is 33.3 Å². The van der Waals surface area contributed by atoms with Crippen LogP contribution >= 0.6 is 22.6 Å². The molecule has 0 spiro atoms. The molecule has 0 aliphatic carbocycles. The van der Waals surface area contributed by atoms with Crippen molar-refractivity contribution in [2.45, 2.75) is 6.92 Å². The average Bonchev–Trinajstić information content (AvgIpc) is 2.35. The van der Waals surface area contributed by atoms with Gasteiger partial charge >= 0.3 is 0 Å². The molecule has 68 valence electrons. The monoisotopic (exact) mass is 289 g/mol.